The summed E-state index contributed by atoms with van der Waals surface area (Å²) in [4.78, 5) is 70.6. The number of nitrogens with two attached hydrogens (primary N) is 2. The fourth-order valence-electron chi connectivity index (χ4n) is 2.26. The fraction of sp³-hybridized carbons (Fsp3) is 0.647. The van der Waals surface area contributed by atoms with Gasteiger partial charge in [0.05, 0.1) is 12.1 Å². The van der Waals surface area contributed by atoms with E-state index in [4.69, 9.17) is 16.6 Å². The molecule has 0 heterocycles. The Hall–Kier alpha value is -2.91. The van der Waals surface area contributed by atoms with Gasteiger partial charge in [-0.25, -0.2) is 0 Å². The highest BCUT2D eigenvalue weighted by Crippen LogP contribution is 2.02. The van der Waals surface area contributed by atoms with Crippen molar-refractivity contribution in [2.45, 2.75) is 57.0 Å². The summed E-state index contributed by atoms with van der Waals surface area (Å²) in [7, 11) is 0. The van der Waals surface area contributed by atoms with E-state index in [2.05, 4.69) is 33.9 Å². The van der Waals surface area contributed by atoms with E-state index in [9.17, 15) is 33.9 Å². The van der Waals surface area contributed by atoms with Crippen molar-refractivity contribution in [1.82, 2.24) is 21.3 Å². The van der Waals surface area contributed by atoms with Gasteiger partial charge in [-0.15, -0.1) is 0 Å². The highest BCUT2D eigenvalue weighted by Gasteiger charge is 2.31. The van der Waals surface area contributed by atoms with Crippen molar-refractivity contribution in [3.63, 3.8) is 0 Å². The Labute approximate surface area is 189 Å². The fourth-order valence-corrected chi connectivity index (χ4v) is 2.42. The average Bonchev–Trinajstić information content (AvgIpc) is 2.71. The largest absolute Gasteiger partial charge is 0.480 e. The van der Waals surface area contributed by atoms with Crippen LogP contribution in [0.25, 0.3) is 0 Å². The highest BCUT2D eigenvalue weighted by molar-refractivity contribution is 7.80. The average molecular weight is 479 g/mol. The van der Waals surface area contributed by atoms with Crippen LogP contribution in [0, 0.1) is 0 Å². The molecule has 0 aliphatic heterocycles. The maximum atomic E-state index is 12.6. The number of carbonyl (C=O) groups is 6. The molecule has 0 spiro atoms. The van der Waals surface area contributed by atoms with E-state index in [1.54, 1.807) is 0 Å². The third kappa shape index (κ3) is 10.9. The molecular formula is C17H30N6O8S. The Morgan fingerprint density at radius 1 is 0.938 bits per heavy atom. The zero-order valence-corrected chi connectivity index (χ0v) is 18.6. The number of thiol groups is 1. The molecule has 0 bridgehead atoms. The van der Waals surface area contributed by atoms with Gasteiger partial charge in [0.2, 0.25) is 29.5 Å². The third-order valence-corrected chi connectivity index (χ3v) is 4.47. The van der Waals surface area contributed by atoms with Crippen LogP contribution in [0.15, 0.2) is 0 Å². The number of aliphatic hydroxyl groups excluding tert-OH is 1. The van der Waals surface area contributed by atoms with Gasteiger partial charge in [0.1, 0.15) is 24.7 Å². The Balaban J connectivity index is 5.26. The first-order valence-electron chi connectivity index (χ1n) is 9.53. The molecule has 15 heteroatoms. The van der Waals surface area contributed by atoms with Gasteiger partial charge in [-0.05, 0) is 20.3 Å². The van der Waals surface area contributed by atoms with Crippen LogP contribution in [0.5, 0.6) is 0 Å². The molecule has 32 heavy (non-hydrogen) atoms. The summed E-state index contributed by atoms with van der Waals surface area (Å²) in [5.74, 6) is -5.43. The standard InChI is InChI=1S/C17H30N6O8S/c1-7(21-15(29)9(18)6-32)14(28)23-13(8(2)24)17(31)22-10(3-4-11(19)25)16(30)20-5-12(26)27/h7-10,13,24,32H,3-6,18H2,1-2H3,(H2,19,25)(H,20,30)(H,21,29)(H,22,31)(H,23,28)(H,26,27)/t7-,8+,9-,10-,13-/m0/s1. The summed E-state index contributed by atoms with van der Waals surface area (Å²) in [5, 5.41) is 27.5. The van der Waals surface area contributed by atoms with Crippen LogP contribution in [0.3, 0.4) is 0 Å². The van der Waals surface area contributed by atoms with Crippen molar-refractivity contribution in [1.29, 1.82) is 0 Å². The van der Waals surface area contributed by atoms with Crippen LogP contribution in [0.1, 0.15) is 26.7 Å². The molecule has 0 radical (unpaired) electrons. The van der Waals surface area contributed by atoms with E-state index in [1.165, 1.54) is 13.8 Å². The number of aliphatic carboxylic acids is 1. The molecule has 182 valence electrons. The molecule has 0 aromatic carbocycles. The first kappa shape index (κ1) is 29.1. The summed E-state index contributed by atoms with van der Waals surface area (Å²) in [6.45, 7) is 1.79. The van der Waals surface area contributed by atoms with Gasteiger partial charge in [0.25, 0.3) is 0 Å². The number of carboxylic acids is 1. The SMILES string of the molecule is C[C@H](NC(=O)[C@@H](N)CS)C(=O)N[C@H](C(=O)N[C@@H](CCC(N)=O)C(=O)NCC(=O)O)[C@@H](C)O. The summed E-state index contributed by atoms with van der Waals surface area (Å²) < 4.78 is 0. The zero-order chi connectivity index (χ0) is 25.0. The minimum atomic E-state index is -1.54. The molecule has 14 nitrogen and oxygen atoms in total. The van der Waals surface area contributed by atoms with Crippen molar-refractivity contribution in [3.05, 3.63) is 0 Å². The molecule has 0 fully saturated rings. The van der Waals surface area contributed by atoms with Gasteiger partial charge in [-0.2, -0.15) is 12.6 Å². The number of amides is 5. The van der Waals surface area contributed by atoms with Crippen LogP contribution in [-0.4, -0.2) is 88.3 Å². The minimum Gasteiger partial charge on any atom is -0.480 e. The Kier molecular flexibility index (Phi) is 12.9. The van der Waals surface area contributed by atoms with Crippen molar-refractivity contribution >= 4 is 48.1 Å². The van der Waals surface area contributed by atoms with Crippen molar-refractivity contribution < 1.29 is 39.0 Å². The van der Waals surface area contributed by atoms with Crippen LogP contribution in [-0.2, 0) is 28.8 Å². The topological polar surface area (TPSA) is 243 Å². The van der Waals surface area contributed by atoms with Gasteiger partial charge in [0, 0.05) is 12.2 Å². The summed E-state index contributed by atoms with van der Waals surface area (Å²) in [6.07, 6.45) is -1.97. The Morgan fingerprint density at radius 2 is 1.53 bits per heavy atom. The quantitative estimate of drug-likeness (QED) is 0.109. The number of hydrogen-bond donors (Lipinski definition) is 9. The number of carbonyl (C=O) groups excluding carboxylic acids is 5. The number of primary amides is 1. The Bertz CT molecular complexity index is 719. The van der Waals surface area contributed by atoms with Crippen molar-refractivity contribution in [3.8, 4) is 0 Å². The van der Waals surface area contributed by atoms with Gasteiger partial charge in [-0.3, -0.25) is 28.8 Å². The van der Waals surface area contributed by atoms with E-state index in [0.29, 0.717) is 0 Å². The first-order valence-corrected chi connectivity index (χ1v) is 10.2. The van der Waals surface area contributed by atoms with Gasteiger partial charge in [0.15, 0.2) is 0 Å². The summed E-state index contributed by atoms with van der Waals surface area (Å²) >= 11 is 3.88. The van der Waals surface area contributed by atoms with Crippen LogP contribution >= 0.6 is 12.6 Å². The van der Waals surface area contributed by atoms with E-state index >= 15 is 0 Å². The summed E-state index contributed by atoms with van der Waals surface area (Å²) in [5.41, 5.74) is 10.6. The molecule has 0 saturated carbocycles. The first-order chi connectivity index (χ1) is 14.8. The molecule has 0 aliphatic carbocycles. The molecule has 0 aliphatic rings. The monoisotopic (exact) mass is 478 g/mol. The number of aliphatic hydroxyl groups is 1. The summed E-state index contributed by atoms with van der Waals surface area (Å²) in [6, 6.07) is -4.98. The second-order valence-electron chi connectivity index (χ2n) is 6.92. The van der Waals surface area contributed by atoms with Crippen molar-refractivity contribution in [2.75, 3.05) is 12.3 Å². The minimum absolute atomic E-state index is 0.0372. The molecular weight excluding hydrogens is 448 g/mol. The number of carboxylic acid groups (broad SMARTS) is 1. The lowest BCUT2D eigenvalue weighted by Gasteiger charge is -2.26. The zero-order valence-electron chi connectivity index (χ0n) is 17.7. The molecule has 5 amide bonds. The lowest BCUT2D eigenvalue weighted by Crippen LogP contribution is -2.60. The maximum absolute atomic E-state index is 12.6. The smallest absolute Gasteiger partial charge is 0.322 e. The number of nitrogens with one attached hydrogen (secondary N) is 4. The van der Waals surface area contributed by atoms with Crippen LogP contribution in [0.4, 0.5) is 0 Å². The van der Waals surface area contributed by atoms with Gasteiger partial charge in [-0.1, -0.05) is 0 Å². The second kappa shape index (κ2) is 14.2. The molecule has 0 rings (SSSR count). The lowest BCUT2D eigenvalue weighted by atomic mass is 10.1. The van der Waals surface area contributed by atoms with Gasteiger partial charge < -0.3 is 42.9 Å². The van der Waals surface area contributed by atoms with Crippen LogP contribution in [0.2, 0.25) is 0 Å². The normalized spacial score (nSPS) is 15.3. The van der Waals surface area contributed by atoms with E-state index in [0.717, 1.165) is 0 Å². The predicted octanol–water partition coefficient (Wildman–Crippen LogP) is -4.44. The van der Waals surface area contributed by atoms with Crippen molar-refractivity contribution in [2.24, 2.45) is 11.5 Å². The molecule has 5 atom stereocenters. The molecule has 0 aromatic rings. The maximum Gasteiger partial charge on any atom is 0.322 e. The van der Waals surface area contributed by atoms with Gasteiger partial charge >= 0.3 is 5.97 Å². The van der Waals surface area contributed by atoms with E-state index < -0.39 is 72.3 Å². The molecule has 10 N–H and O–H groups in total. The molecule has 0 aromatic heterocycles. The van der Waals surface area contributed by atoms with Crippen LogP contribution < -0.4 is 32.7 Å². The van der Waals surface area contributed by atoms with E-state index in [-0.39, 0.29) is 18.6 Å². The Morgan fingerprint density at radius 3 is 2.00 bits per heavy atom. The lowest BCUT2D eigenvalue weighted by molar-refractivity contribution is -0.139. The second-order valence-corrected chi connectivity index (χ2v) is 7.29. The number of rotatable bonds is 14. The highest BCUT2D eigenvalue weighted by atomic mass is 32.1. The molecule has 0 unspecified atom stereocenters. The third-order valence-electron chi connectivity index (χ3n) is 4.07. The number of hydrogen-bond acceptors (Lipinski definition) is 9. The predicted molar refractivity (Wildman–Crippen MR) is 114 cm³/mol. The molecule has 0 saturated heterocycles. The van der Waals surface area contributed by atoms with E-state index in [1.807, 2.05) is 0 Å².